The lowest BCUT2D eigenvalue weighted by Gasteiger charge is -2.29. The molecule has 1 aliphatic rings. The Balaban J connectivity index is 1.76. The Morgan fingerprint density at radius 3 is 2.21 bits per heavy atom. The summed E-state index contributed by atoms with van der Waals surface area (Å²) >= 11 is 0. The van der Waals surface area contributed by atoms with E-state index in [-0.39, 0.29) is 5.56 Å². The van der Waals surface area contributed by atoms with Gasteiger partial charge < -0.3 is 9.47 Å². The lowest BCUT2D eigenvalue weighted by atomic mass is 10.0. The van der Waals surface area contributed by atoms with Crippen LogP contribution in [-0.4, -0.2) is 13.2 Å². The SMILES string of the molecule is CCCCCCCC[C@H]1CO[C@H](c2cc(F)c(C#N)c(F)c2)OC1. The fourth-order valence-corrected chi connectivity index (χ4v) is 2.95. The predicted octanol–water partition coefficient (Wildman–Crippen LogP) is 5.25. The quantitative estimate of drug-likeness (QED) is 0.609. The van der Waals surface area contributed by atoms with Gasteiger partial charge in [0.2, 0.25) is 0 Å². The first-order valence-corrected chi connectivity index (χ1v) is 8.78. The minimum atomic E-state index is -0.881. The highest BCUT2D eigenvalue weighted by Crippen LogP contribution is 2.29. The van der Waals surface area contributed by atoms with Crippen LogP contribution in [0.1, 0.15) is 69.3 Å². The smallest absolute Gasteiger partial charge is 0.184 e. The number of benzene rings is 1. The highest BCUT2D eigenvalue weighted by Gasteiger charge is 2.25. The number of hydrogen-bond donors (Lipinski definition) is 0. The van der Waals surface area contributed by atoms with Gasteiger partial charge in [0.05, 0.1) is 13.2 Å². The average Bonchev–Trinajstić information content (AvgIpc) is 2.58. The Kier molecular flexibility index (Phi) is 7.61. The largest absolute Gasteiger partial charge is 0.348 e. The molecule has 2 rings (SSSR count). The molecule has 1 heterocycles. The maximum atomic E-state index is 13.7. The minimum Gasteiger partial charge on any atom is -0.348 e. The Bertz CT molecular complexity index is 540. The van der Waals surface area contributed by atoms with Gasteiger partial charge in [-0.2, -0.15) is 5.26 Å². The van der Waals surface area contributed by atoms with Crippen LogP contribution in [0.2, 0.25) is 0 Å². The van der Waals surface area contributed by atoms with Crippen molar-refractivity contribution < 1.29 is 18.3 Å². The molecule has 0 bridgehead atoms. The molecule has 1 aliphatic heterocycles. The molecule has 0 aromatic heterocycles. The maximum absolute atomic E-state index is 13.7. The Hall–Kier alpha value is -1.51. The molecular formula is C19H25F2NO2. The second kappa shape index (κ2) is 9.71. The van der Waals surface area contributed by atoms with Gasteiger partial charge in [-0.25, -0.2) is 8.78 Å². The van der Waals surface area contributed by atoms with E-state index in [9.17, 15) is 8.78 Å². The zero-order valence-corrected chi connectivity index (χ0v) is 14.2. The third-order valence-electron chi connectivity index (χ3n) is 4.38. The molecule has 1 aromatic rings. The van der Waals surface area contributed by atoms with Crippen molar-refractivity contribution in [2.45, 2.75) is 58.2 Å². The molecule has 24 heavy (non-hydrogen) atoms. The number of ether oxygens (including phenoxy) is 2. The molecule has 132 valence electrons. The molecule has 0 N–H and O–H groups in total. The first kappa shape index (κ1) is 18.8. The standard InChI is InChI=1S/C19H25F2NO2/c1-2-3-4-5-6-7-8-14-12-23-19(24-13-14)15-9-17(20)16(11-22)18(21)10-15/h9-10,14,19H,2-8,12-13H2,1H3/t14-,19-. The topological polar surface area (TPSA) is 42.2 Å². The number of nitrogens with zero attached hydrogens (tertiary/aromatic N) is 1. The number of nitriles is 1. The number of rotatable bonds is 8. The molecule has 1 aromatic carbocycles. The van der Waals surface area contributed by atoms with Crippen LogP contribution < -0.4 is 0 Å². The van der Waals surface area contributed by atoms with Crippen molar-refractivity contribution in [3.63, 3.8) is 0 Å². The molecule has 3 nitrogen and oxygen atoms in total. The number of unbranched alkanes of at least 4 members (excludes halogenated alkanes) is 5. The molecule has 0 amide bonds. The van der Waals surface area contributed by atoms with Crippen molar-refractivity contribution >= 4 is 0 Å². The van der Waals surface area contributed by atoms with E-state index in [2.05, 4.69) is 6.92 Å². The molecular weight excluding hydrogens is 312 g/mol. The van der Waals surface area contributed by atoms with Gasteiger partial charge in [-0.15, -0.1) is 0 Å². The molecule has 5 heteroatoms. The maximum Gasteiger partial charge on any atom is 0.184 e. The molecule has 0 atom stereocenters. The molecule has 1 saturated heterocycles. The Morgan fingerprint density at radius 2 is 1.62 bits per heavy atom. The monoisotopic (exact) mass is 337 g/mol. The fraction of sp³-hybridized carbons (Fsp3) is 0.632. The normalized spacial score (nSPS) is 20.8. The molecule has 0 aliphatic carbocycles. The van der Waals surface area contributed by atoms with E-state index in [4.69, 9.17) is 14.7 Å². The summed E-state index contributed by atoms with van der Waals surface area (Å²) in [4.78, 5) is 0. The van der Waals surface area contributed by atoms with E-state index in [1.165, 1.54) is 38.2 Å². The van der Waals surface area contributed by atoms with Crippen LogP contribution in [0.15, 0.2) is 12.1 Å². The van der Waals surface area contributed by atoms with Crippen LogP contribution >= 0.6 is 0 Å². The highest BCUT2D eigenvalue weighted by atomic mass is 19.1. The van der Waals surface area contributed by atoms with E-state index < -0.39 is 23.5 Å². The summed E-state index contributed by atoms with van der Waals surface area (Å²) in [5, 5.41) is 8.69. The summed E-state index contributed by atoms with van der Waals surface area (Å²) in [7, 11) is 0. The van der Waals surface area contributed by atoms with E-state index in [1.807, 2.05) is 0 Å². The van der Waals surface area contributed by atoms with Crippen molar-refractivity contribution in [2.75, 3.05) is 13.2 Å². The van der Waals surface area contributed by atoms with Crippen molar-refractivity contribution in [1.82, 2.24) is 0 Å². The van der Waals surface area contributed by atoms with Gasteiger partial charge in [-0.3, -0.25) is 0 Å². The minimum absolute atomic E-state index is 0.280. The number of hydrogen-bond acceptors (Lipinski definition) is 3. The first-order valence-electron chi connectivity index (χ1n) is 8.78. The zero-order chi connectivity index (χ0) is 17.4. The zero-order valence-electron chi connectivity index (χ0n) is 14.2. The van der Waals surface area contributed by atoms with Gasteiger partial charge in [-0.1, -0.05) is 45.4 Å². The summed E-state index contributed by atoms with van der Waals surface area (Å²) in [5.41, 5.74) is -0.294. The van der Waals surface area contributed by atoms with Crippen LogP contribution in [0, 0.1) is 28.9 Å². The van der Waals surface area contributed by atoms with Crippen LogP contribution in [0.25, 0.3) is 0 Å². The summed E-state index contributed by atoms with van der Waals surface area (Å²) in [5.74, 6) is -1.43. The fourth-order valence-electron chi connectivity index (χ4n) is 2.95. The van der Waals surface area contributed by atoms with Crippen LogP contribution in [-0.2, 0) is 9.47 Å². The Labute approximate surface area is 142 Å². The van der Waals surface area contributed by atoms with Crippen LogP contribution in [0.3, 0.4) is 0 Å². The lowest BCUT2D eigenvalue weighted by molar-refractivity contribution is -0.206. The van der Waals surface area contributed by atoms with Crippen LogP contribution in [0.4, 0.5) is 8.78 Å². The third-order valence-corrected chi connectivity index (χ3v) is 4.38. The molecule has 1 fully saturated rings. The Morgan fingerprint density at radius 1 is 1.04 bits per heavy atom. The van der Waals surface area contributed by atoms with Crippen molar-refractivity contribution in [1.29, 1.82) is 5.26 Å². The second-order valence-corrected chi connectivity index (χ2v) is 6.39. The van der Waals surface area contributed by atoms with E-state index in [0.717, 1.165) is 25.0 Å². The van der Waals surface area contributed by atoms with Crippen molar-refractivity contribution in [2.24, 2.45) is 5.92 Å². The van der Waals surface area contributed by atoms with E-state index in [0.29, 0.717) is 19.1 Å². The number of halogens is 2. The van der Waals surface area contributed by atoms with Gasteiger partial charge in [0.1, 0.15) is 23.3 Å². The van der Waals surface area contributed by atoms with Gasteiger partial charge >= 0.3 is 0 Å². The summed E-state index contributed by atoms with van der Waals surface area (Å²) in [6, 6.07) is 3.73. The van der Waals surface area contributed by atoms with Gasteiger partial charge in [0.15, 0.2) is 6.29 Å². The average molecular weight is 337 g/mol. The summed E-state index contributed by atoms with van der Waals surface area (Å²) < 4.78 is 38.6. The van der Waals surface area contributed by atoms with E-state index >= 15 is 0 Å². The lowest BCUT2D eigenvalue weighted by Crippen LogP contribution is -2.27. The van der Waals surface area contributed by atoms with Gasteiger partial charge in [0, 0.05) is 11.5 Å². The first-order chi connectivity index (χ1) is 11.7. The molecule has 0 spiro atoms. The highest BCUT2D eigenvalue weighted by molar-refractivity contribution is 5.35. The van der Waals surface area contributed by atoms with Crippen molar-refractivity contribution in [3.05, 3.63) is 34.9 Å². The summed E-state index contributed by atoms with van der Waals surface area (Å²) in [6.45, 7) is 3.27. The molecule has 0 saturated carbocycles. The molecule has 0 unspecified atom stereocenters. The van der Waals surface area contributed by atoms with Gasteiger partial charge in [0.25, 0.3) is 0 Å². The van der Waals surface area contributed by atoms with E-state index in [1.54, 1.807) is 0 Å². The summed E-state index contributed by atoms with van der Waals surface area (Å²) in [6.07, 6.45) is 7.80. The molecule has 0 radical (unpaired) electrons. The predicted molar refractivity (Wildman–Crippen MR) is 87.2 cm³/mol. The van der Waals surface area contributed by atoms with Crippen LogP contribution in [0.5, 0.6) is 0 Å². The van der Waals surface area contributed by atoms with Gasteiger partial charge in [-0.05, 0) is 18.6 Å². The second-order valence-electron chi connectivity index (χ2n) is 6.39. The van der Waals surface area contributed by atoms with Crippen molar-refractivity contribution in [3.8, 4) is 6.07 Å². The third kappa shape index (κ3) is 5.25.